The number of nitrogens with zero attached hydrogens (tertiary/aromatic N) is 4. The number of ether oxygens (including phenoxy) is 1. The molecule has 3 heterocycles. The van der Waals surface area contributed by atoms with Crippen LogP contribution in [0.5, 0.6) is 0 Å². The average Bonchev–Trinajstić information content (AvgIpc) is 3.01. The Balaban J connectivity index is 1.72. The summed E-state index contributed by atoms with van der Waals surface area (Å²) in [6.07, 6.45) is 4.33. The van der Waals surface area contributed by atoms with E-state index < -0.39 is 5.91 Å². The Morgan fingerprint density at radius 3 is 2.74 bits per heavy atom. The summed E-state index contributed by atoms with van der Waals surface area (Å²) in [5.41, 5.74) is 6.75. The third kappa shape index (κ3) is 3.21. The minimum atomic E-state index is -0.526. The van der Waals surface area contributed by atoms with E-state index in [4.69, 9.17) is 10.5 Å². The van der Waals surface area contributed by atoms with Crippen molar-refractivity contribution in [2.75, 3.05) is 19.7 Å². The highest BCUT2D eigenvalue weighted by atomic mass is 16.5. The Labute approximate surface area is 132 Å². The highest BCUT2D eigenvalue weighted by Gasteiger charge is 2.27. The Bertz CT molecular complexity index is 725. The fourth-order valence-corrected chi connectivity index (χ4v) is 2.47. The van der Waals surface area contributed by atoms with Gasteiger partial charge in [-0.2, -0.15) is 5.10 Å². The van der Waals surface area contributed by atoms with E-state index in [1.807, 2.05) is 0 Å². The van der Waals surface area contributed by atoms with Crippen molar-refractivity contribution in [2.45, 2.75) is 6.10 Å². The lowest BCUT2D eigenvalue weighted by molar-refractivity contribution is -0.0247. The molecular formula is C15H17N5O3. The third-order valence-corrected chi connectivity index (χ3v) is 3.71. The van der Waals surface area contributed by atoms with E-state index in [1.54, 1.807) is 41.2 Å². The Kier molecular flexibility index (Phi) is 4.07. The topological polar surface area (TPSA) is 103 Å². The molecule has 8 heteroatoms. The van der Waals surface area contributed by atoms with Crippen LogP contribution in [0.25, 0.3) is 0 Å². The predicted octanol–water partition coefficient (Wildman–Crippen LogP) is 0.128. The van der Waals surface area contributed by atoms with E-state index in [0.29, 0.717) is 36.5 Å². The van der Waals surface area contributed by atoms with Gasteiger partial charge < -0.3 is 15.4 Å². The summed E-state index contributed by atoms with van der Waals surface area (Å²) >= 11 is 0. The van der Waals surface area contributed by atoms with Gasteiger partial charge in [-0.15, -0.1) is 0 Å². The van der Waals surface area contributed by atoms with Crippen molar-refractivity contribution in [1.82, 2.24) is 19.7 Å². The van der Waals surface area contributed by atoms with E-state index >= 15 is 0 Å². The van der Waals surface area contributed by atoms with E-state index in [1.165, 1.54) is 6.20 Å². The minimum absolute atomic E-state index is 0.0832. The quantitative estimate of drug-likeness (QED) is 0.867. The molecule has 0 spiro atoms. The number of hydrogen-bond acceptors (Lipinski definition) is 5. The summed E-state index contributed by atoms with van der Waals surface area (Å²) in [7, 11) is 1.77. The Hall–Kier alpha value is -2.74. The van der Waals surface area contributed by atoms with Gasteiger partial charge in [0, 0.05) is 26.0 Å². The molecule has 1 aliphatic heterocycles. The van der Waals surface area contributed by atoms with Crippen LogP contribution in [0.2, 0.25) is 0 Å². The zero-order chi connectivity index (χ0) is 16.4. The number of morpholine rings is 1. The van der Waals surface area contributed by atoms with Gasteiger partial charge in [-0.05, 0) is 12.1 Å². The highest BCUT2D eigenvalue weighted by Crippen LogP contribution is 2.22. The van der Waals surface area contributed by atoms with Gasteiger partial charge >= 0.3 is 0 Å². The molecular weight excluding hydrogens is 298 g/mol. The van der Waals surface area contributed by atoms with Crippen LogP contribution in [-0.4, -0.2) is 51.2 Å². The van der Waals surface area contributed by atoms with E-state index in [2.05, 4.69) is 10.1 Å². The van der Waals surface area contributed by atoms with Gasteiger partial charge in [0.2, 0.25) is 5.91 Å². The fourth-order valence-electron chi connectivity index (χ4n) is 2.47. The zero-order valence-electron chi connectivity index (χ0n) is 12.7. The molecule has 1 unspecified atom stereocenters. The molecule has 0 aromatic carbocycles. The molecule has 1 fully saturated rings. The van der Waals surface area contributed by atoms with Gasteiger partial charge in [0.15, 0.2) is 0 Å². The molecule has 23 heavy (non-hydrogen) atoms. The first-order valence-electron chi connectivity index (χ1n) is 7.20. The molecule has 3 rings (SSSR count). The molecule has 2 aromatic heterocycles. The Morgan fingerprint density at radius 1 is 1.30 bits per heavy atom. The first kappa shape index (κ1) is 15.2. The number of pyridine rings is 1. The van der Waals surface area contributed by atoms with Crippen molar-refractivity contribution < 1.29 is 14.3 Å². The normalized spacial score (nSPS) is 18.0. The summed E-state index contributed by atoms with van der Waals surface area (Å²) in [4.78, 5) is 29.5. The number of aryl methyl sites for hydroxylation is 1. The van der Waals surface area contributed by atoms with Crippen LogP contribution in [0.4, 0.5) is 0 Å². The van der Waals surface area contributed by atoms with Gasteiger partial charge in [-0.1, -0.05) is 0 Å². The number of primary amides is 1. The molecule has 0 aliphatic carbocycles. The summed E-state index contributed by atoms with van der Waals surface area (Å²) in [6.45, 7) is 1.34. The maximum atomic E-state index is 12.5. The van der Waals surface area contributed by atoms with Crippen LogP contribution >= 0.6 is 0 Å². The molecule has 120 valence electrons. The smallest absolute Gasteiger partial charge is 0.257 e. The van der Waals surface area contributed by atoms with Crippen molar-refractivity contribution in [2.24, 2.45) is 12.8 Å². The van der Waals surface area contributed by atoms with Crippen LogP contribution in [0.3, 0.4) is 0 Å². The number of amides is 2. The van der Waals surface area contributed by atoms with Crippen molar-refractivity contribution in [3.8, 4) is 0 Å². The molecule has 0 bridgehead atoms. The van der Waals surface area contributed by atoms with Gasteiger partial charge in [0.1, 0.15) is 6.10 Å². The SMILES string of the molecule is Cn1cc(C(=O)N2CCOC(c3ccc(C(N)=O)cn3)C2)cn1. The van der Waals surface area contributed by atoms with Crippen LogP contribution in [0.15, 0.2) is 30.7 Å². The van der Waals surface area contributed by atoms with Crippen molar-refractivity contribution >= 4 is 11.8 Å². The van der Waals surface area contributed by atoms with Crippen LogP contribution in [0.1, 0.15) is 32.5 Å². The molecule has 2 amide bonds. The second-order valence-electron chi connectivity index (χ2n) is 5.35. The lowest BCUT2D eigenvalue weighted by atomic mass is 10.1. The summed E-state index contributed by atoms with van der Waals surface area (Å²) in [5, 5.41) is 4.02. The van der Waals surface area contributed by atoms with Crippen LogP contribution in [-0.2, 0) is 11.8 Å². The lowest BCUT2D eigenvalue weighted by Crippen LogP contribution is -2.42. The maximum Gasteiger partial charge on any atom is 0.257 e. The standard InChI is InChI=1S/C15H17N5O3/c1-19-8-11(7-18-19)15(22)20-4-5-23-13(9-20)12-3-2-10(6-17-12)14(16)21/h2-3,6-8,13H,4-5,9H2,1H3,(H2,16,21). The van der Waals surface area contributed by atoms with Gasteiger partial charge in [-0.25, -0.2) is 0 Å². The van der Waals surface area contributed by atoms with Gasteiger partial charge in [0.05, 0.1) is 36.2 Å². The van der Waals surface area contributed by atoms with Crippen molar-refractivity contribution in [1.29, 1.82) is 0 Å². The summed E-state index contributed by atoms with van der Waals surface area (Å²) in [5.74, 6) is -0.609. The number of carbonyl (C=O) groups excluding carboxylic acids is 2. The first-order valence-corrected chi connectivity index (χ1v) is 7.20. The number of rotatable bonds is 3. The number of hydrogen-bond donors (Lipinski definition) is 1. The predicted molar refractivity (Wildman–Crippen MR) is 80.6 cm³/mol. The molecule has 2 N–H and O–H groups in total. The molecule has 1 atom stereocenters. The zero-order valence-corrected chi connectivity index (χ0v) is 12.7. The molecule has 0 saturated carbocycles. The minimum Gasteiger partial charge on any atom is -0.368 e. The fraction of sp³-hybridized carbons (Fsp3) is 0.333. The molecule has 8 nitrogen and oxygen atoms in total. The average molecular weight is 315 g/mol. The third-order valence-electron chi connectivity index (χ3n) is 3.71. The first-order chi connectivity index (χ1) is 11.0. The Morgan fingerprint density at radius 2 is 2.13 bits per heavy atom. The van der Waals surface area contributed by atoms with Crippen molar-refractivity contribution in [3.05, 3.63) is 47.5 Å². The molecule has 2 aromatic rings. The number of carbonyl (C=O) groups is 2. The van der Waals surface area contributed by atoms with E-state index in [9.17, 15) is 9.59 Å². The van der Waals surface area contributed by atoms with Gasteiger partial charge in [0.25, 0.3) is 5.91 Å². The van der Waals surface area contributed by atoms with Gasteiger partial charge in [-0.3, -0.25) is 19.3 Å². The second-order valence-corrected chi connectivity index (χ2v) is 5.35. The number of nitrogens with two attached hydrogens (primary N) is 1. The van der Waals surface area contributed by atoms with Crippen LogP contribution < -0.4 is 5.73 Å². The molecule has 0 radical (unpaired) electrons. The van der Waals surface area contributed by atoms with Crippen molar-refractivity contribution in [3.63, 3.8) is 0 Å². The van der Waals surface area contributed by atoms with E-state index in [0.717, 1.165) is 0 Å². The van der Waals surface area contributed by atoms with E-state index in [-0.39, 0.29) is 12.0 Å². The maximum absolute atomic E-state index is 12.5. The molecule has 1 saturated heterocycles. The largest absolute Gasteiger partial charge is 0.368 e. The van der Waals surface area contributed by atoms with Crippen LogP contribution in [0, 0.1) is 0 Å². The number of aromatic nitrogens is 3. The summed E-state index contributed by atoms with van der Waals surface area (Å²) in [6, 6.07) is 3.30. The monoisotopic (exact) mass is 315 g/mol. The lowest BCUT2D eigenvalue weighted by Gasteiger charge is -2.32. The second kappa shape index (κ2) is 6.17. The highest BCUT2D eigenvalue weighted by molar-refractivity contribution is 5.94. The summed E-state index contributed by atoms with van der Waals surface area (Å²) < 4.78 is 7.28. The molecule has 1 aliphatic rings.